The summed E-state index contributed by atoms with van der Waals surface area (Å²) in [5.41, 5.74) is 0.577. The van der Waals surface area contributed by atoms with E-state index >= 15 is 0 Å². The van der Waals surface area contributed by atoms with Crippen LogP contribution in [-0.2, 0) is 18.9 Å². The van der Waals surface area contributed by atoms with Gasteiger partial charge in [0.25, 0.3) is 5.69 Å². The Balaban J connectivity index is 2.54. The fraction of sp³-hybridized carbons (Fsp3) is 0.316. The van der Waals surface area contributed by atoms with Crippen molar-refractivity contribution >= 4 is 18.0 Å². The van der Waals surface area contributed by atoms with Gasteiger partial charge in [-0.05, 0) is 13.8 Å². The number of ether oxygens (including phenoxy) is 4. The van der Waals surface area contributed by atoms with Gasteiger partial charge in [-0.15, -0.1) is 0 Å². The smallest absolute Gasteiger partial charge is 0.437 e. The van der Waals surface area contributed by atoms with Crippen LogP contribution in [0.25, 0.3) is 0 Å². The predicted octanol–water partition coefficient (Wildman–Crippen LogP) is 3.59. The molecule has 0 saturated carbocycles. The fourth-order valence-corrected chi connectivity index (χ4v) is 2.84. The Morgan fingerprint density at radius 2 is 1.77 bits per heavy atom. The Morgan fingerprint density at radius 3 is 2.33 bits per heavy atom. The molecule has 158 valence electrons. The number of dihydropyridines is 1. The molecule has 11 nitrogen and oxygen atoms in total. The Morgan fingerprint density at radius 1 is 1.17 bits per heavy atom. The second kappa shape index (κ2) is 9.92. The molecular weight excluding hydrogens is 398 g/mol. The highest BCUT2D eigenvalue weighted by Crippen LogP contribution is 2.42. The standard InChI is InChI=1S/C19H19N3O8/c1-11-16(29-18(23)27-3)15(13-7-4-5-8-14(13)22(25)26)17(12(2)21-11)30-19(24)28-10-6-9-20/h4-5,7-8,15,21H,6,10H2,1-3H3. The molecule has 1 unspecified atom stereocenters. The second-order valence-electron chi connectivity index (χ2n) is 6.02. The molecule has 1 aliphatic heterocycles. The number of nitro groups is 1. The largest absolute Gasteiger partial charge is 0.513 e. The number of benzene rings is 1. The molecule has 1 aromatic rings. The molecule has 2 rings (SSSR count). The van der Waals surface area contributed by atoms with Gasteiger partial charge in [0.05, 0.1) is 35.9 Å². The van der Waals surface area contributed by atoms with Crippen molar-refractivity contribution in [3.63, 3.8) is 0 Å². The van der Waals surface area contributed by atoms with Crippen molar-refractivity contribution in [2.24, 2.45) is 0 Å². The van der Waals surface area contributed by atoms with Crippen LogP contribution in [0.15, 0.2) is 47.2 Å². The number of nitrogens with one attached hydrogen (secondary N) is 1. The Bertz CT molecular complexity index is 961. The van der Waals surface area contributed by atoms with E-state index in [1.165, 1.54) is 18.2 Å². The predicted molar refractivity (Wildman–Crippen MR) is 101 cm³/mol. The Kier molecular flexibility index (Phi) is 7.35. The van der Waals surface area contributed by atoms with E-state index in [0.717, 1.165) is 7.11 Å². The van der Waals surface area contributed by atoms with Crippen molar-refractivity contribution in [3.8, 4) is 6.07 Å². The van der Waals surface area contributed by atoms with Crippen LogP contribution in [0, 0.1) is 21.4 Å². The summed E-state index contributed by atoms with van der Waals surface area (Å²) < 4.78 is 19.9. The lowest BCUT2D eigenvalue weighted by molar-refractivity contribution is -0.385. The molecule has 1 aliphatic rings. The van der Waals surface area contributed by atoms with Crippen LogP contribution in [0.5, 0.6) is 0 Å². The van der Waals surface area contributed by atoms with Crippen molar-refractivity contribution in [1.82, 2.24) is 5.32 Å². The molecule has 11 heteroatoms. The quantitative estimate of drug-likeness (QED) is 0.315. The average Bonchev–Trinajstić information content (AvgIpc) is 2.71. The molecule has 0 radical (unpaired) electrons. The summed E-state index contributed by atoms with van der Waals surface area (Å²) in [5, 5.41) is 23.0. The van der Waals surface area contributed by atoms with Crippen LogP contribution in [0.1, 0.15) is 31.7 Å². The van der Waals surface area contributed by atoms with Gasteiger partial charge in [-0.3, -0.25) is 10.1 Å². The van der Waals surface area contributed by atoms with Gasteiger partial charge in [-0.25, -0.2) is 9.59 Å². The van der Waals surface area contributed by atoms with Crippen LogP contribution in [0.2, 0.25) is 0 Å². The molecule has 1 heterocycles. The Labute approximate surface area is 171 Å². The molecule has 0 saturated heterocycles. The number of nitrogens with zero attached hydrogens (tertiary/aromatic N) is 2. The lowest BCUT2D eigenvalue weighted by Gasteiger charge is -2.29. The van der Waals surface area contributed by atoms with E-state index < -0.39 is 23.2 Å². The highest BCUT2D eigenvalue weighted by Gasteiger charge is 2.38. The van der Waals surface area contributed by atoms with Crippen LogP contribution >= 0.6 is 0 Å². The zero-order valence-corrected chi connectivity index (χ0v) is 16.5. The molecular formula is C19H19N3O8. The number of methoxy groups -OCH3 is 1. The van der Waals surface area contributed by atoms with Gasteiger partial charge in [0.15, 0.2) is 0 Å². The third kappa shape index (κ3) is 5.05. The molecule has 0 amide bonds. The van der Waals surface area contributed by atoms with Crippen molar-refractivity contribution in [1.29, 1.82) is 5.26 Å². The summed E-state index contributed by atoms with van der Waals surface area (Å²) >= 11 is 0. The Hall–Kier alpha value is -4.07. The van der Waals surface area contributed by atoms with Gasteiger partial charge in [-0.2, -0.15) is 5.26 Å². The SMILES string of the molecule is COC(=O)OC1=C(C)NC(C)=C(OC(=O)OCCC#N)C1c1ccccc1[N+](=O)[O-]. The van der Waals surface area contributed by atoms with E-state index in [4.69, 9.17) is 19.5 Å². The van der Waals surface area contributed by atoms with E-state index in [1.54, 1.807) is 19.9 Å². The molecule has 1 aromatic carbocycles. The van der Waals surface area contributed by atoms with Gasteiger partial charge in [-0.1, -0.05) is 18.2 Å². The average molecular weight is 417 g/mol. The third-order valence-electron chi connectivity index (χ3n) is 4.07. The minimum absolute atomic E-state index is 0.0331. The monoisotopic (exact) mass is 417 g/mol. The summed E-state index contributed by atoms with van der Waals surface area (Å²) in [7, 11) is 1.11. The number of allylic oxidation sites excluding steroid dienone is 2. The van der Waals surface area contributed by atoms with Gasteiger partial charge in [0.1, 0.15) is 24.0 Å². The summed E-state index contributed by atoms with van der Waals surface area (Å²) in [6.07, 6.45) is -2.19. The lowest BCUT2D eigenvalue weighted by Crippen LogP contribution is -2.29. The van der Waals surface area contributed by atoms with Crippen molar-refractivity contribution < 1.29 is 33.5 Å². The zero-order valence-electron chi connectivity index (χ0n) is 16.5. The van der Waals surface area contributed by atoms with Crippen LogP contribution < -0.4 is 5.32 Å². The van der Waals surface area contributed by atoms with Gasteiger partial charge < -0.3 is 24.3 Å². The van der Waals surface area contributed by atoms with Gasteiger partial charge >= 0.3 is 12.3 Å². The maximum atomic E-state index is 12.1. The molecule has 30 heavy (non-hydrogen) atoms. The third-order valence-corrected chi connectivity index (χ3v) is 4.07. The van der Waals surface area contributed by atoms with E-state index in [9.17, 15) is 19.7 Å². The number of carbonyl (C=O) groups excluding carboxylic acids is 2. The molecule has 0 spiro atoms. The molecule has 1 atom stereocenters. The summed E-state index contributed by atoms with van der Waals surface area (Å²) in [6.45, 7) is 2.98. The number of carbonyl (C=O) groups is 2. The van der Waals surface area contributed by atoms with Crippen molar-refractivity contribution in [3.05, 3.63) is 62.9 Å². The summed E-state index contributed by atoms with van der Waals surface area (Å²) in [4.78, 5) is 34.9. The normalized spacial score (nSPS) is 15.6. The first-order valence-electron chi connectivity index (χ1n) is 8.69. The van der Waals surface area contributed by atoms with Crippen LogP contribution in [0.3, 0.4) is 0 Å². The van der Waals surface area contributed by atoms with Crippen LogP contribution in [-0.4, -0.2) is 31.0 Å². The first-order valence-corrected chi connectivity index (χ1v) is 8.69. The van der Waals surface area contributed by atoms with E-state index in [2.05, 4.69) is 10.1 Å². The van der Waals surface area contributed by atoms with Gasteiger partial charge in [0.2, 0.25) is 0 Å². The second-order valence-corrected chi connectivity index (χ2v) is 6.02. The highest BCUT2D eigenvalue weighted by atomic mass is 16.7. The minimum atomic E-state index is -1.12. The maximum Gasteiger partial charge on any atom is 0.513 e. The summed E-state index contributed by atoms with van der Waals surface area (Å²) in [6, 6.07) is 7.60. The maximum absolute atomic E-state index is 12.1. The number of rotatable bonds is 6. The number of hydrogen-bond donors (Lipinski definition) is 1. The van der Waals surface area contributed by atoms with Crippen LogP contribution in [0.4, 0.5) is 15.3 Å². The lowest BCUT2D eigenvalue weighted by atomic mass is 9.89. The van der Waals surface area contributed by atoms with Crippen molar-refractivity contribution in [2.45, 2.75) is 26.2 Å². The first kappa shape index (κ1) is 22.2. The van der Waals surface area contributed by atoms with Gasteiger partial charge in [0, 0.05) is 11.6 Å². The molecule has 0 bridgehead atoms. The van der Waals surface area contributed by atoms with E-state index in [-0.39, 0.29) is 35.8 Å². The number of nitriles is 1. The molecule has 0 aromatic heterocycles. The molecule has 1 N–H and O–H groups in total. The fourth-order valence-electron chi connectivity index (χ4n) is 2.84. The first-order chi connectivity index (χ1) is 14.3. The highest BCUT2D eigenvalue weighted by molar-refractivity contribution is 5.65. The van der Waals surface area contributed by atoms with Crippen molar-refractivity contribution in [2.75, 3.05) is 13.7 Å². The molecule has 0 aliphatic carbocycles. The van der Waals surface area contributed by atoms with E-state index in [1.807, 2.05) is 6.07 Å². The van der Waals surface area contributed by atoms with E-state index in [0.29, 0.717) is 11.4 Å². The number of hydrogen-bond acceptors (Lipinski definition) is 10. The number of nitro benzene ring substituents is 1. The minimum Gasteiger partial charge on any atom is -0.437 e. The number of para-hydroxylation sites is 1. The summed E-state index contributed by atoms with van der Waals surface area (Å²) in [5.74, 6) is -1.21. The molecule has 0 fully saturated rings. The zero-order chi connectivity index (χ0) is 22.3. The topological polar surface area (TPSA) is 150 Å².